The molecule has 0 aliphatic carbocycles. The minimum absolute atomic E-state index is 0.648. The Hall–Kier alpha value is -1.25. The van der Waals surface area contributed by atoms with Crippen LogP contribution in [0.5, 0.6) is 5.88 Å². The predicted molar refractivity (Wildman–Crippen MR) is 63.4 cm³/mol. The average molecular weight is 208 g/mol. The number of pyridine rings is 1. The van der Waals surface area contributed by atoms with Crippen LogP contribution in [0.15, 0.2) is 18.3 Å². The molecule has 15 heavy (non-hydrogen) atoms. The first-order valence-electron chi connectivity index (χ1n) is 5.59. The van der Waals surface area contributed by atoms with Gasteiger partial charge in [-0.15, -0.1) is 0 Å². The third-order valence-corrected chi connectivity index (χ3v) is 2.39. The molecule has 1 heterocycles. The molecule has 0 aromatic carbocycles. The highest BCUT2D eigenvalue weighted by Crippen LogP contribution is 2.20. The molecule has 0 aliphatic heterocycles. The molecule has 0 amide bonds. The highest BCUT2D eigenvalue weighted by atomic mass is 16.5. The molecule has 0 fully saturated rings. The molecule has 84 valence electrons. The zero-order valence-electron chi connectivity index (χ0n) is 9.79. The summed E-state index contributed by atoms with van der Waals surface area (Å²) in [6.07, 6.45) is 2.93. The van der Waals surface area contributed by atoms with Gasteiger partial charge in [0, 0.05) is 12.7 Å². The van der Waals surface area contributed by atoms with Crippen molar-refractivity contribution in [3.63, 3.8) is 0 Å². The number of ether oxygens (including phenoxy) is 1. The number of nitrogens with zero attached hydrogens (tertiary/aromatic N) is 1. The molecule has 1 atom stereocenters. The maximum Gasteiger partial charge on any atom is 0.237 e. The molecule has 0 bridgehead atoms. The smallest absolute Gasteiger partial charge is 0.237 e. The van der Waals surface area contributed by atoms with E-state index < -0.39 is 0 Å². The molecule has 3 nitrogen and oxygen atoms in total. The van der Waals surface area contributed by atoms with Gasteiger partial charge in [-0.25, -0.2) is 4.98 Å². The van der Waals surface area contributed by atoms with Crippen molar-refractivity contribution < 1.29 is 4.74 Å². The standard InChI is InChI=1S/C12H20N2O/c1-4-10(3)9-14-11-7-6-8-13-12(11)15-5-2/h6-8,10,14H,4-5,9H2,1-3H3. The molecular weight excluding hydrogens is 188 g/mol. The third-order valence-electron chi connectivity index (χ3n) is 2.39. The molecular formula is C12H20N2O. The lowest BCUT2D eigenvalue weighted by Crippen LogP contribution is -2.11. The number of nitrogens with one attached hydrogen (secondary N) is 1. The number of hydrogen-bond acceptors (Lipinski definition) is 3. The van der Waals surface area contributed by atoms with Crippen molar-refractivity contribution in [2.75, 3.05) is 18.5 Å². The molecule has 1 aromatic rings. The second kappa shape index (κ2) is 6.27. The van der Waals surface area contributed by atoms with E-state index >= 15 is 0 Å². The minimum atomic E-state index is 0.648. The van der Waals surface area contributed by atoms with Gasteiger partial charge in [-0.3, -0.25) is 0 Å². The third kappa shape index (κ3) is 3.78. The lowest BCUT2D eigenvalue weighted by molar-refractivity contribution is 0.328. The molecule has 1 N–H and O–H groups in total. The summed E-state index contributed by atoms with van der Waals surface area (Å²) in [5.74, 6) is 1.36. The summed E-state index contributed by atoms with van der Waals surface area (Å²) >= 11 is 0. The summed E-state index contributed by atoms with van der Waals surface area (Å²) in [5, 5.41) is 3.36. The van der Waals surface area contributed by atoms with Crippen LogP contribution in [0.1, 0.15) is 27.2 Å². The maximum absolute atomic E-state index is 5.43. The Labute approximate surface area is 91.9 Å². The highest BCUT2D eigenvalue weighted by molar-refractivity contribution is 5.51. The van der Waals surface area contributed by atoms with E-state index in [2.05, 4.69) is 24.1 Å². The first kappa shape index (κ1) is 11.8. The van der Waals surface area contributed by atoms with Gasteiger partial charge in [0.1, 0.15) is 0 Å². The van der Waals surface area contributed by atoms with Gasteiger partial charge in [0.25, 0.3) is 0 Å². The van der Waals surface area contributed by atoms with E-state index in [0.717, 1.165) is 12.2 Å². The van der Waals surface area contributed by atoms with Crippen LogP contribution in [0.2, 0.25) is 0 Å². The molecule has 0 saturated heterocycles. The van der Waals surface area contributed by atoms with E-state index in [1.165, 1.54) is 6.42 Å². The second-order valence-corrected chi connectivity index (χ2v) is 3.68. The minimum Gasteiger partial charge on any atom is -0.476 e. The van der Waals surface area contributed by atoms with Gasteiger partial charge in [0.15, 0.2) is 0 Å². The average Bonchev–Trinajstić information content (AvgIpc) is 2.28. The summed E-state index contributed by atoms with van der Waals surface area (Å²) in [6.45, 7) is 7.99. The molecule has 0 spiro atoms. The molecule has 1 rings (SSSR count). The van der Waals surface area contributed by atoms with Gasteiger partial charge in [-0.1, -0.05) is 20.3 Å². The fraction of sp³-hybridized carbons (Fsp3) is 0.583. The Bertz CT molecular complexity index is 289. The van der Waals surface area contributed by atoms with Crippen molar-refractivity contribution >= 4 is 5.69 Å². The topological polar surface area (TPSA) is 34.1 Å². The lowest BCUT2D eigenvalue weighted by Gasteiger charge is -2.13. The molecule has 1 aromatic heterocycles. The van der Waals surface area contributed by atoms with Crippen LogP contribution in [0.4, 0.5) is 5.69 Å². The molecule has 3 heteroatoms. The van der Waals surface area contributed by atoms with Crippen molar-refractivity contribution in [2.45, 2.75) is 27.2 Å². The summed E-state index contributed by atoms with van der Waals surface area (Å²) in [4.78, 5) is 4.19. The summed E-state index contributed by atoms with van der Waals surface area (Å²) in [6, 6.07) is 3.92. The van der Waals surface area contributed by atoms with Gasteiger partial charge in [-0.2, -0.15) is 0 Å². The predicted octanol–water partition coefficient (Wildman–Crippen LogP) is 2.94. The zero-order valence-corrected chi connectivity index (χ0v) is 9.79. The first-order valence-corrected chi connectivity index (χ1v) is 5.59. The molecule has 0 radical (unpaired) electrons. The Morgan fingerprint density at radius 1 is 1.47 bits per heavy atom. The van der Waals surface area contributed by atoms with Gasteiger partial charge in [0.2, 0.25) is 5.88 Å². The zero-order chi connectivity index (χ0) is 11.1. The summed E-state index contributed by atoms with van der Waals surface area (Å²) in [5.41, 5.74) is 0.986. The van der Waals surface area contributed by atoms with E-state index in [9.17, 15) is 0 Å². The van der Waals surface area contributed by atoms with Crippen LogP contribution in [0.3, 0.4) is 0 Å². The molecule has 1 unspecified atom stereocenters. The fourth-order valence-electron chi connectivity index (χ4n) is 1.21. The van der Waals surface area contributed by atoms with Crippen molar-refractivity contribution in [2.24, 2.45) is 5.92 Å². The lowest BCUT2D eigenvalue weighted by atomic mass is 10.1. The van der Waals surface area contributed by atoms with Gasteiger partial charge in [0.05, 0.1) is 12.3 Å². The van der Waals surface area contributed by atoms with Crippen LogP contribution in [0, 0.1) is 5.92 Å². The van der Waals surface area contributed by atoms with E-state index in [1.807, 2.05) is 19.1 Å². The van der Waals surface area contributed by atoms with Crippen molar-refractivity contribution in [3.05, 3.63) is 18.3 Å². The first-order chi connectivity index (χ1) is 7.27. The SMILES string of the molecule is CCOc1ncccc1NCC(C)CC. The van der Waals surface area contributed by atoms with E-state index in [0.29, 0.717) is 18.4 Å². The van der Waals surface area contributed by atoms with Crippen molar-refractivity contribution in [1.29, 1.82) is 0 Å². The van der Waals surface area contributed by atoms with Crippen LogP contribution in [-0.4, -0.2) is 18.1 Å². The van der Waals surface area contributed by atoms with E-state index in [4.69, 9.17) is 4.74 Å². The number of hydrogen-bond donors (Lipinski definition) is 1. The quantitative estimate of drug-likeness (QED) is 0.780. The maximum atomic E-state index is 5.43. The monoisotopic (exact) mass is 208 g/mol. The Morgan fingerprint density at radius 3 is 2.93 bits per heavy atom. The van der Waals surface area contributed by atoms with E-state index in [1.54, 1.807) is 6.20 Å². The van der Waals surface area contributed by atoms with Crippen LogP contribution >= 0.6 is 0 Å². The van der Waals surface area contributed by atoms with Gasteiger partial charge >= 0.3 is 0 Å². The number of anilines is 1. The fourth-order valence-corrected chi connectivity index (χ4v) is 1.21. The number of aromatic nitrogens is 1. The Morgan fingerprint density at radius 2 is 2.27 bits per heavy atom. The Balaban J connectivity index is 2.58. The number of rotatable bonds is 6. The summed E-state index contributed by atoms with van der Waals surface area (Å²) < 4.78 is 5.43. The van der Waals surface area contributed by atoms with Crippen LogP contribution < -0.4 is 10.1 Å². The van der Waals surface area contributed by atoms with Crippen LogP contribution in [0.25, 0.3) is 0 Å². The van der Waals surface area contributed by atoms with Crippen molar-refractivity contribution in [3.8, 4) is 5.88 Å². The van der Waals surface area contributed by atoms with E-state index in [-0.39, 0.29) is 0 Å². The van der Waals surface area contributed by atoms with Gasteiger partial charge in [-0.05, 0) is 25.0 Å². The largest absolute Gasteiger partial charge is 0.476 e. The molecule has 0 aliphatic rings. The molecule has 0 saturated carbocycles. The normalized spacial score (nSPS) is 12.2. The van der Waals surface area contributed by atoms with Crippen molar-refractivity contribution in [1.82, 2.24) is 4.98 Å². The Kier molecular flexibility index (Phi) is 4.95. The van der Waals surface area contributed by atoms with Gasteiger partial charge < -0.3 is 10.1 Å². The highest BCUT2D eigenvalue weighted by Gasteiger charge is 2.04. The van der Waals surface area contributed by atoms with Crippen LogP contribution in [-0.2, 0) is 0 Å². The second-order valence-electron chi connectivity index (χ2n) is 3.68. The summed E-state index contributed by atoms with van der Waals surface area (Å²) in [7, 11) is 0.